The van der Waals surface area contributed by atoms with Crippen LogP contribution in [0.25, 0.3) is 11.4 Å². The molecule has 1 aliphatic rings. The fourth-order valence-corrected chi connectivity index (χ4v) is 4.26. The van der Waals surface area contributed by atoms with Crippen LogP contribution in [0.4, 0.5) is 5.82 Å². The molecule has 0 atom stereocenters. The lowest BCUT2D eigenvalue weighted by Gasteiger charge is -2.32. The van der Waals surface area contributed by atoms with Crippen molar-refractivity contribution in [1.82, 2.24) is 19.9 Å². The van der Waals surface area contributed by atoms with E-state index in [-0.39, 0.29) is 5.91 Å². The minimum absolute atomic E-state index is 0.144. The Labute approximate surface area is 195 Å². The Balaban J connectivity index is 1.47. The van der Waals surface area contributed by atoms with Crippen LogP contribution in [0.3, 0.4) is 0 Å². The lowest BCUT2D eigenvalue weighted by molar-refractivity contribution is -0.131. The van der Waals surface area contributed by atoms with Gasteiger partial charge in [0.25, 0.3) is 0 Å². The summed E-state index contributed by atoms with van der Waals surface area (Å²) in [6.45, 7) is 3.48. The van der Waals surface area contributed by atoms with Crippen molar-refractivity contribution in [1.29, 1.82) is 0 Å². The van der Waals surface area contributed by atoms with Gasteiger partial charge in [0.1, 0.15) is 11.6 Å². The third-order valence-electron chi connectivity index (χ3n) is 6.15. The number of nitrogens with zero attached hydrogens (tertiary/aromatic N) is 5. The summed E-state index contributed by atoms with van der Waals surface area (Å²) in [4.78, 5) is 30.8. The van der Waals surface area contributed by atoms with Gasteiger partial charge in [-0.1, -0.05) is 17.7 Å². The third kappa shape index (κ3) is 5.30. The predicted molar refractivity (Wildman–Crippen MR) is 130 cm³/mol. The molecule has 0 radical (unpaired) electrons. The molecule has 0 unspecified atom stereocenters. The van der Waals surface area contributed by atoms with Gasteiger partial charge in [-0.2, -0.15) is 0 Å². The molecule has 33 heavy (non-hydrogen) atoms. The molecular formula is C26H31N5O2. The number of aromatic nitrogens is 3. The Bertz CT molecular complexity index is 1110. The first-order valence-corrected chi connectivity index (χ1v) is 11.3. The third-order valence-corrected chi connectivity index (χ3v) is 6.15. The van der Waals surface area contributed by atoms with Gasteiger partial charge < -0.3 is 14.5 Å². The number of hydrogen-bond donors (Lipinski definition) is 0. The van der Waals surface area contributed by atoms with Crippen molar-refractivity contribution in [2.45, 2.75) is 32.1 Å². The van der Waals surface area contributed by atoms with Gasteiger partial charge in [0, 0.05) is 68.4 Å². The van der Waals surface area contributed by atoms with Crippen molar-refractivity contribution >= 4 is 11.7 Å². The van der Waals surface area contributed by atoms with E-state index in [1.165, 1.54) is 0 Å². The van der Waals surface area contributed by atoms with E-state index in [1.54, 1.807) is 19.5 Å². The van der Waals surface area contributed by atoms with E-state index >= 15 is 0 Å². The summed E-state index contributed by atoms with van der Waals surface area (Å²) in [5, 5.41) is 0. The number of carbonyl (C=O) groups is 1. The molecule has 0 saturated carbocycles. The van der Waals surface area contributed by atoms with Gasteiger partial charge in [0.2, 0.25) is 5.91 Å². The van der Waals surface area contributed by atoms with Gasteiger partial charge in [-0.15, -0.1) is 0 Å². The molecule has 1 saturated heterocycles. The van der Waals surface area contributed by atoms with Crippen LogP contribution in [-0.2, 0) is 11.2 Å². The van der Waals surface area contributed by atoms with Crippen LogP contribution in [0, 0.1) is 6.92 Å². The summed E-state index contributed by atoms with van der Waals surface area (Å²) >= 11 is 0. The molecule has 7 heteroatoms. The maximum absolute atomic E-state index is 13.0. The maximum Gasteiger partial charge on any atom is 0.227 e. The van der Waals surface area contributed by atoms with Crippen LogP contribution in [0.2, 0.25) is 0 Å². The van der Waals surface area contributed by atoms with Crippen LogP contribution < -0.4 is 9.64 Å². The summed E-state index contributed by atoms with van der Waals surface area (Å²) in [5.74, 6) is 2.77. The Morgan fingerprint density at radius 2 is 1.94 bits per heavy atom. The zero-order valence-corrected chi connectivity index (χ0v) is 19.8. The highest BCUT2D eigenvalue weighted by molar-refractivity contribution is 5.79. The minimum atomic E-state index is 0.144. The molecule has 0 bridgehead atoms. The van der Waals surface area contributed by atoms with E-state index in [2.05, 4.69) is 11.1 Å². The number of piperidine rings is 1. The number of likely N-dealkylation sites (tertiary alicyclic amines) is 1. The molecule has 3 heterocycles. The summed E-state index contributed by atoms with van der Waals surface area (Å²) in [6, 6.07) is 11.9. The number of methoxy groups -OCH3 is 1. The van der Waals surface area contributed by atoms with E-state index in [4.69, 9.17) is 14.7 Å². The highest BCUT2D eigenvalue weighted by Crippen LogP contribution is 2.31. The number of carbonyl (C=O) groups excluding carboxylic acids is 1. The van der Waals surface area contributed by atoms with Crippen LogP contribution >= 0.6 is 0 Å². The van der Waals surface area contributed by atoms with Crippen LogP contribution in [0.1, 0.15) is 35.6 Å². The fourth-order valence-electron chi connectivity index (χ4n) is 4.26. The average Bonchev–Trinajstić information content (AvgIpc) is 2.84. The molecule has 0 aliphatic carbocycles. The molecule has 0 spiro atoms. The molecular weight excluding hydrogens is 414 g/mol. The van der Waals surface area contributed by atoms with Gasteiger partial charge in [-0.05, 0) is 38.0 Å². The second-order valence-corrected chi connectivity index (χ2v) is 8.76. The Kier molecular flexibility index (Phi) is 6.87. The number of hydrogen-bond acceptors (Lipinski definition) is 6. The highest BCUT2D eigenvalue weighted by Gasteiger charge is 2.26. The van der Waals surface area contributed by atoms with E-state index in [0.29, 0.717) is 18.2 Å². The van der Waals surface area contributed by atoms with E-state index in [0.717, 1.165) is 59.9 Å². The molecule has 1 aromatic carbocycles. The lowest BCUT2D eigenvalue weighted by atomic mass is 9.92. The van der Waals surface area contributed by atoms with Gasteiger partial charge >= 0.3 is 0 Å². The normalized spacial score (nSPS) is 14.2. The second-order valence-electron chi connectivity index (χ2n) is 8.76. The van der Waals surface area contributed by atoms with Crippen molar-refractivity contribution in [2.24, 2.45) is 0 Å². The molecule has 1 aliphatic heterocycles. The second kappa shape index (κ2) is 9.98. The molecule has 2 aromatic heterocycles. The standard InChI is InChI=1S/C26H31N5O2/c1-18-7-8-23(33-4)21(14-18)15-25(32)31-12-9-19(10-13-31)22-16-24(30(2)3)29-26(28-22)20-6-5-11-27-17-20/h5-8,11,14,16-17,19H,9-10,12-13,15H2,1-4H3. The van der Waals surface area contributed by atoms with Crippen molar-refractivity contribution in [3.05, 3.63) is 65.6 Å². The quantitative estimate of drug-likeness (QED) is 0.574. The zero-order valence-electron chi connectivity index (χ0n) is 19.8. The van der Waals surface area contributed by atoms with Crippen molar-refractivity contribution in [3.63, 3.8) is 0 Å². The zero-order chi connectivity index (χ0) is 23.4. The number of ether oxygens (including phenoxy) is 1. The summed E-state index contributed by atoms with van der Waals surface area (Å²) < 4.78 is 5.45. The maximum atomic E-state index is 13.0. The van der Waals surface area contributed by atoms with Gasteiger partial charge in [-0.25, -0.2) is 9.97 Å². The van der Waals surface area contributed by atoms with Crippen LogP contribution in [0.5, 0.6) is 5.75 Å². The molecule has 4 rings (SSSR count). The van der Waals surface area contributed by atoms with E-state index in [1.807, 2.05) is 61.2 Å². The molecule has 3 aromatic rings. The van der Waals surface area contributed by atoms with Crippen molar-refractivity contribution < 1.29 is 9.53 Å². The number of pyridine rings is 1. The summed E-state index contributed by atoms with van der Waals surface area (Å²) in [7, 11) is 5.62. The minimum Gasteiger partial charge on any atom is -0.496 e. The largest absolute Gasteiger partial charge is 0.496 e. The number of benzene rings is 1. The number of amides is 1. The lowest BCUT2D eigenvalue weighted by Crippen LogP contribution is -2.39. The van der Waals surface area contributed by atoms with Crippen LogP contribution in [-0.4, -0.2) is 60.1 Å². The van der Waals surface area contributed by atoms with Gasteiger partial charge in [0.15, 0.2) is 5.82 Å². The SMILES string of the molecule is COc1ccc(C)cc1CC(=O)N1CCC(c2cc(N(C)C)nc(-c3cccnc3)n2)CC1. The smallest absolute Gasteiger partial charge is 0.227 e. The number of anilines is 1. The highest BCUT2D eigenvalue weighted by atomic mass is 16.5. The molecule has 7 nitrogen and oxygen atoms in total. The first-order chi connectivity index (χ1) is 15.9. The number of aryl methyl sites for hydroxylation is 1. The fraction of sp³-hybridized carbons (Fsp3) is 0.385. The summed E-state index contributed by atoms with van der Waals surface area (Å²) in [6.07, 6.45) is 5.66. The summed E-state index contributed by atoms with van der Waals surface area (Å²) in [5.41, 5.74) is 4.00. The van der Waals surface area contributed by atoms with Crippen molar-refractivity contribution in [3.8, 4) is 17.1 Å². The first kappa shape index (κ1) is 22.7. The van der Waals surface area contributed by atoms with Crippen molar-refractivity contribution in [2.75, 3.05) is 39.2 Å². The monoisotopic (exact) mass is 445 g/mol. The van der Waals surface area contributed by atoms with E-state index in [9.17, 15) is 4.79 Å². The average molecular weight is 446 g/mol. The van der Waals surface area contributed by atoms with Crippen LogP contribution in [0.15, 0.2) is 48.8 Å². The van der Waals surface area contributed by atoms with Gasteiger partial charge in [-0.3, -0.25) is 9.78 Å². The van der Waals surface area contributed by atoms with Gasteiger partial charge in [0.05, 0.1) is 13.5 Å². The molecule has 1 fully saturated rings. The molecule has 0 N–H and O–H groups in total. The Morgan fingerprint density at radius 1 is 1.15 bits per heavy atom. The molecule has 172 valence electrons. The van der Waals surface area contributed by atoms with E-state index < -0.39 is 0 Å². The first-order valence-electron chi connectivity index (χ1n) is 11.3. The Hall–Kier alpha value is -3.48. The molecule has 1 amide bonds. The predicted octanol–water partition coefficient (Wildman–Crippen LogP) is 3.87. The number of rotatable bonds is 6. The topological polar surface area (TPSA) is 71.5 Å². The Morgan fingerprint density at radius 3 is 2.61 bits per heavy atom.